The molecule has 4 heteroatoms. The predicted octanol–water partition coefficient (Wildman–Crippen LogP) is 3.58. The third kappa shape index (κ3) is 2.69. The largest absolute Gasteiger partial charge is 0.388 e. The Bertz CT molecular complexity index is 399. The number of rotatable bonds is 4. The van der Waals surface area contributed by atoms with Crippen LogP contribution in [0.1, 0.15) is 37.4 Å². The van der Waals surface area contributed by atoms with E-state index in [1.807, 2.05) is 0 Å². The first-order valence-corrected chi connectivity index (χ1v) is 6.54. The Kier molecular flexibility index (Phi) is 3.85. The minimum atomic E-state index is -0.812. The van der Waals surface area contributed by atoms with Crippen molar-refractivity contribution in [2.24, 2.45) is 0 Å². The summed E-state index contributed by atoms with van der Waals surface area (Å²) < 4.78 is 19.8. The lowest BCUT2D eigenvalue weighted by Crippen LogP contribution is -2.40. The van der Waals surface area contributed by atoms with E-state index in [0.29, 0.717) is 12.0 Å². The van der Waals surface area contributed by atoms with Gasteiger partial charge in [0.1, 0.15) is 5.82 Å². The van der Waals surface area contributed by atoms with Crippen LogP contribution in [-0.4, -0.2) is 17.8 Å². The molecule has 1 aliphatic carbocycles. The van der Waals surface area contributed by atoms with Crippen LogP contribution >= 0.6 is 15.9 Å². The van der Waals surface area contributed by atoms with Gasteiger partial charge in [0, 0.05) is 23.6 Å². The molecule has 2 nitrogen and oxygen atoms in total. The lowest BCUT2D eigenvalue weighted by molar-refractivity contribution is -0.100. The average Bonchev–Trinajstić information content (AvgIpc) is 2.26. The summed E-state index contributed by atoms with van der Waals surface area (Å²) in [5.74, 6) is -0.369. The Morgan fingerprint density at radius 1 is 1.53 bits per heavy atom. The Hall–Kier alpha value is -0.450. The van der Waals surface area contributed by atoms with Gasteiger partial charge in [-0.3, -0.25) is 0 Å². The van der Waals surface area contributed by atoms with Crippen molar-refractivity contribution in [3.05, 3.63) is 34.1 Å². The number of aliphatic hydroxyl groups excluding tert-OH is 1. The first kappa shape index (κ1) is 13.0. The molecular weight excluding hydrogens is 287 g/mol. The van der Waals surface area contributed by atoms with Crippen molar-refractivity contribution >= 4 is 15.9 Å². The second kappa shape index (κ2) is 5.04. The zero-order valence-electron chi connectivity index (χ0n) is 9.75. The van der Waals surface area contributed by atoms with Crippen molar-refractivity contribution in [3.63, 3.8) is 0 Å². The van der Waals surface area contributed by atoms with Crippen molar-refractivity contribution in [3.8, 4) is 0 Å². The van der Waals surface area contributed by atoms with E-state index in [1.54, 1.807) is 19.2 Å². The zero-order chi connectivity index (χ0) is 12.5. The smallest absolute Gasteiger partial charge is 0.129 e. The first-order chi connectivity index (χ1) is 8.06. The van der Waals surface area contributed by atoms with Crippen LogP contribution in [0.4, 0.5) is 4.39 Å². The number of benzene rings is 1. The second-order valence-corrected chi connectivity index (χ2v) is 5.54. The number of halogens is 2. The first-order valence-electron chi connectivity index (χ1n) is 5.74. The maximum Gasteiger partial charge on any atom is 0.129 e. The van der Waals surface area contributed by atoms with Crippen LogP contribution in [0.15, 0.2) is 22.7 Å². The van der Waals surface area contributed by atoms with Crippen molar-refractivity contribution < 1.29 is 14.2 Å². The molecule has 1 fully saturated rings. The maximum atomic E-state index is 13.6. The van der Waals surface area contributed by atoms with Gasteiger partial charge in [0.05, 0.1) is 11.7 Å². The molecule has 1 aromatic rings. The zero-order valence-corrected chi connectivity index (χ0v) is 11.3. The van der Waals surface area contributed by atoms with Gasteiger partial charge in [-0.2, -0.15) is 0 Å². The van der Waals surface area contributed by atoms with Crippen LogP contribution in [0.5, 0.6) is 0 Å². The molecule has 0 bridgehead atoms. The van der Waals surface area contributed by atoms with Crippen molar-refractivity contribution in [2.75, 3.05) is 7.11 Å². The van der Waals surface area contributed by atoms with Gasteiger partial charge in [-0.05, 0) is 37.5 Å². The Morgan fingerprint density at radius 2 is 2.24 bits per heavy atom. The Labute approximate surface area is 109 Å². The molecule has 0 amide bonds. The molecule has 1 saturated carbocycles. The molecule has 1 unspecified atom stereocenters. The summed E-state index contributed by atoms with van der Waals surface area (Å²) in [5.41, 5.74) is 0.0801. The molecule has 1 N–H and O–H groups in total. The van der Waals surface area contributed by atoms with E-state index in [4.69, 9.17) is 4.74 Å². The fourth-order valence-corrected chi connectivity index (χ4v) is 2.67. The van der Waals surface area contributed by atoms with Gasteiger partial charge in [0.15, 0.2) is 0 Å². The lowest BCUT2D eigenvalue weighted by Gasteiger charge is -2.41. The molecule has 0 spiro atoms. The van der Waals surface area contributed by atoms with Crippen LogP contribution in [0, 0.1) is 5.82 Å². The highest BCUT2D eigenvalue weighted by atomic mass is 79.9. The van der Waals surface area contributed by atoms with Crippen molar-refractivity contribution in [1.29, 1.82) is 0 Å². The molecule has 0 aromatic heterocycles. The summed E-state index contributed by atoms with van der Waals surface area (Å²) in [6, 6.07) is 4.62. The van der Waals surface area contributed by atoms with Gasteiger partial charge in [-0.15, -0.1) is 0 Å². The Morgan fingerprint density at radius 3 is 2.76 bits per heavy atom. The molecule has 94 valence electrons. The predicted molar refractivity (Wildman–Crippen MR) is 67.3 cm³/mol. The van der Waals surface area contributed by atoms with Gasteiger partial charge >= 0.3 is 0 Å². The molecule has 2 rings (SSSR count). The Balaban J connectivity index is 2.13. The molecule has 0 saturated heterocycles. The molecule has 17 heavy (non-hydrogen) atoms. The number of ether oxygens (including phenoxy) is 1. The monoisotopic (exact) mass is 302 g/mol. The third-order valence-corrected chi connectivity index (χ3v) is 4.07. The molecule has 1 aliphatic rings. The summed E-state index contributed by atoms with van der Waals surface area (Å²) in [5, 5.41) is 10.1. The highest BCUT2D eigenvalue weighted by molar-refractivity contribution is 9.10. The van der Waals surface area contributed by atoms with Crippen molar-refractivity contribution in [2.45, 2.75) is 37.4 Å². The lowest BCUT2D eigenvalue weighted by atomic mass is 9.75. The summed E-state index contributed by atoms with van der Waals surface area (Å²) in [4.78, 5) is 0. The molecular formula is C13H16BrFO2. The second-order valence-electron chi connectivity index (χ2n) is 4.63. The van der Waals surface area contributed by atoms with Gasteiger partial charge in [-0.25, -0.2) is 4.39 Å². The van der Waals surface area contributed by atoms with Gasteiger partial charge < -0.3 is 9.84 Å². The highest BCUT2D eigenvalue weighted by Crippen LogP contribution is 2.42. The number of methoxy groups -OCH3 is 1. The van der Waals surface area contributed by atoms with Crippen LogP contribution in [0.2, 0.25) is 0 Å². The summed E-state index contributed by atoms with van der Waals surface area (Å²) >= 11 is 3.28. The van der Waals surface area contributed by atoms with Gasteiger partial charge in [0.25, 0.3) is 0 Å². The summed E-state index contributed by atoms with van der Waals surface area (Å²) in [6.07, 6.45) is 2.64. The van der Waals surface area contributed by atoms with Crippen molar-refractivity contribution in [1.82, 2.24) is 0 Å². The van der Waals surface area contributed by atoms with Gasteiger partial charge in [0.2, 0.25) is 0 Å². The number of aliphatic hydroxyl groups is 1. The number of hydrogen-bond donors (Lipinski definition) is 1. The van der Waals surface area contributed by atoms with E-state index in [0.717, 1.165) is 23.7 Å². The third-order valence-electron chi connectivity index (χ3n) is 3.58. The van der Waals surface area contributed by atoms with E-state index in [2.05, 4.69) is 15.9 Å². The summed E-state index contributed by atoms with van der Waals surface area (Å²) in [6.45, 7) is 0. The molecule has 0 heterocycles. The van der Waals surface area contributed by atoms with E-state index >= 15 is 0 Å². The van der Waals surface area contributed by atoms with Crippen LogP contribution in [-0.2, 0) is 4.74 Å². The van der Waals surface area contributed by atoms with Gasteiger partial charge in [-0.1, -0.05) is 15.9 Å². The topological polar surface area (TPSA) is 29.5 Å². The minimum Gasteiger partial charge on any atom is -0.388 e. The van der Waals surface area contributed by atoms with E-state index in [1.165, 1.54) is 6.07 Å². The number of hydrogen-bond acceptors (Lipinski definition) is 2. The highest BCUT2D eigenvalue weighted by Gasteiger charge is 2.39. The van der Waals surface area contributed by atoms with E-state index in [-0.39, 0.29) is 11.4 Å². The van der Waals surface area contributed by atoms with E-state index in [9.17, 15) is 9.50 Å². The summed E-state index contributed by atoms with van der Waals surface area (Å²) in [7, 11) is 1.66. The fourth-order valence-electron chi connectivity index (χ4n) is 2.29. The van der Waals surface area contributed by atoms with Crippen LogP contribution in [0.25, 0.3) is 0 Å². The van der Waals surface area contributed by atoms with E-state index < -0.39 is 6.10 Å². The normalized spacial score (nSPS) is 19.8. The standard InChI is InChI=1S/C13H16BrFO2/c1-17-13(5-2-6-13)8-12(16)10-7-9(14)3-4-11(10)15/h3-4,7,12,16H,2,5-6,8H2,1H3. The van der Waals surface area contributed by atoms with Crippen LogP contribution in [0.3, 0.4) is 0 Å². The molecule has 1 atom stereocenters. The quantitative estimate of drug-likeness (QED) is 0.921. The molecule has 0 radical (unpaired) electrons. The maximum absolute atomic E-state index is 13.6. The molecule has 0 aliphatic heterocycles. The molecule has 1 aromatic carbocycles. The fraction of sp³-hybridized carbons (Fsp3) is 0.538. The average molecular weight is 303 g/mol. The minimum absolute atomic E-state index is 0.256. The van der Waals surface area contributed by atoms with Crippen LogP contribution < -0.4 is 0 Å². The SMILES string of the molecule is COC1(CC(O)c2cc(Br)ccc2F)CCC1.